The Morgan fingerprint density at radius 1 is 1.19 bits per heavy atom. The van der Waals surface area contributed by atoms with E-state index in [1.54, 1.807) is 7.11 Å². The average molecular weight is 350 g/mol. The van der Waals surface area contributed by atoms with Gasteiger partial charge in [-0.3, -0.25) is 10.00 Å². The third kappa shape index (κ3) is 3.43. The molecular formula is C19H22N6O. The van der Waals surface area contributed by atoms with Crippen molar-refractivity contribution in [3.63, 3.8) is 0 Å². The molecule has 0 amide bonds. The molecule has 7 heteroatoms. The van der Waals surface area contributed by atoms with Gasteiger partial charge >= 0.3 is 0 Å². The number of aryl methyl sites for hydroxylation is 1. The van der Waals surface area contributed by atoms with E-state index in [4.69, 9.17) is 4.74 Å². The summed E-state index contributed by atoms with van der Waals surface area (Å²) in [5, 5.41) is 7.28. The molecule has 4 rings (SSSR count). The van der Waals surface area contributed by atoms with E-state index in [0.29, 0.717) is 0 Å². The summed E-state index contributed by atoms with van der Waals surface area (Å²) in [6.45, 7) is 3.78. The zero-order valence-electron chi connectivity index (χ0n) is 15.0. The normalized spacial score (nSPS) is 17.5. The predicted molar refractivity (Wildman–Crippen MR) is 97.5 cm³/mol. The lowest BCUT2D eigenvalue weighted by Crippen LogP contribution is -2.23. The second-order valence-electron chi connectivity index (χ2n) is 6.55. The number of nitrogens with one attached hydrogen (secondary N) is 1. The Morgan fingerprint density at radius 3 is 2.62 bits per heavy atom. The molecule has 3 aromatic rings. The summed E-state index contributed by atoms with van der Waals surface area (Å²) in [7, 11) is 1.66. The van der Waals surface area contributed by atoms with Crippen LogP contribution in [0.3, 0.4) is 0 Å². The second-order valence-corrected chi connectivity index (χ2v) is 6.55. The Balaban J connectivity index is 1.46. The average Bonchev–Trinajstić information content (AvgIpc) is 3.31. The molecule has 1 aromatic carbocycles. The first-order chi connectivity index (χ1) is 12.7. The topological polar surface area (TPSA) is 79.8 Å². The largest absolute Gasteiger partial charge is 0.497 e. The van der Waals surface area contributed by atoms with Gasteiger partial charge in [-0.25, -0.2) is 15.0 Å². The summed E-state index contributed by atoms with van der Waals surface area (Å²) in [5.41, 5.74) is 2.08. The Morgan fingerprint density at radius 2 is 1.96 bits per heavy atom. The summed E-state index contributed by atoms with van der Waals surface area (Å²) < 4.78 is 5.19. The van der Waals surface area contributed by atoms with E-state index >= 15 is 0 Å². The molecular weight excluding hydrogens is 328 g/mol. The van der Waals surface area contributed by atoms with E-state index in [-0.39, 0.29) is 6.04 Å². The summed E-state index contributed by atoms with van der Waals surface area (Å²) in [6.07, 6.45) is 6.06. The zero-order chi connectivity index (χ0) is 17.9. The first kappa shape index (κ1) is 16.7. The SMILES string of the molecule is COc1ccc(-c2ncc(CN3CCCC3c3n[nH]c(C)n3)cn2)cc1. The molecule has 0 radical (unpaired) electrons. The molecule has 1 aliphatic rings. The van der Waals surface area contributed by atoms with Crippen LogP contribution in [0.15, 0.2) is 36.7 Å². The molecule has 0 saturated carbocycles. The van der Waals surface area contributed by atoms with Crippen LogP contribution in [0.25, 0.3) is 11.4 Å². The van der Waals surface area contributed by atoms with E-state index in [9.17, 15) is 0 Å². The fourth-order valence-electron chi connectivity index (χ4n) is 3.38. The van der Waals surface area contributed by atoms with Crippen molar-refractivity contribution >= 4 is 0 Å². The highest BCUT2D eigenvalue weighted by atomic mass is 16.5. The van der Waals surface area contributed by atoms with Crippen molar-refractivity contribution in [2.75, 3.05) is 13.7 Å². The molecule has 0 aliphatic carbocycles. The molecule has 3 heterocycles. The standard InChI is InChI=1S/C19H22N6O/c1-13-22-19(24-23-13)17-4-3-9-25(17)12-14-10-20-18(21-11-14)15-5-7-16(26-2)8-6-15/h5-8,10-11,17H,3-4,9,12H2,1-2H3,(H,22,23,24). The number of aromatic amines is 1. The van der Waals surface area contributed by atoms with Crippen LogP contribution in [-0.2, 0) is 6.54 Å². The maximum atomic E-state index is 5.19. The fourth-order valence-corrected chi connectivity index (χ4v) is 3.38. The monoisotopic (exact) mass is 350 g/mol. The maximum absolute atomic E-state index is 5.19. The Labute approximate surface area is 152 Å². The number of hydrogen-bond donors (Lipinski definition) is 1. The molecule has 1 atom stereocenters. The van der Waals surface area contributed by atoms with Gasteiger partial charge in [-0.2, -0.15) is 5.10 Å². The van der Waals surface area contributed by atoms with Gasteiger partial charge in [0.2, 0.25) is 0 Å². The molecule has 1 N–H and O–H groups in total. The zero-order valence-corrected chi connectivity index (χ0v) is 15.0. The molecule has 1 saturated heterocycles. The van der Waals surface area contributed by atoms with Crippen LogP contribution in [0, 0.1) is 6.92 Å². The van der Waals surface area contributed by atoms with E-state index in [1.807, 2.05) is 43.6 Å². The molecule has 26 heavy (non-hydrogen) atoms. The van der Waals surface area contributed by atoms with E-state index < -0.39 is 0 Å². The summed E-state index contributed by atoms with van der Waals surface area (Å²) in [6, 6.07) is 8.04. The third-order valence-corrected chi connectivity index (χ3v) is 4.72. The molecule has 7 nitrogen and oxygen atoms in total. The molecule has 1 unspecified atom stereocenters. The van der Waals surface area contributed by atoms with Crippen molar-refractivity contribution in [3.8, 4) is 17.1 Å². The molecule has 0 bridgehead atoms. The van der Waals surface area contributed by atoms with Gasteiger partial charge in [0.25, 0.3) is 0 Å². The minimum absolute atomic E-state index is 0.265. The Hall–Kier alpha value is -2.80. The van der Waals surface area contributed by atoms with Gasteiger partial charge in [0, 0.05) is 30.1 Å². The number of H-pyrrole nitrogens is 1. The van der Waals surface area contributed by atoms with Crippen LogP contribution < -0.4 is 4.74 Å². The van der Waals surface area contributed by atoms with E-state index in [2.05, 4.69) is 30.0 Å². The van der Waals surface area contributed by atoms with E-state index in [0.717, 1.165) is 60.3 Å². The number of hydrogen-bond acceptors (Lipinski definition) is 6. The highest BCUT2D eigenvalue weighted by molar-refractivity contribution is 5.55. The van der Waals surface area contributed by atoms with Crippen LogP contribution in [-0.4, -0.2) is 43.7 Å². The van der Waals surface area contributed by atoms with Gasteiger partial charge in [-0.1, -0.05) is 0 Å². The second kappa shape index (κ2) is 7.21. The summed E-state index contributed by atoms with van der Waals surface area (Å²) in [5.74, 6) is 3.29. The maximum Gasteiger partial charge on any atom is 0.167 e. The summed E-state index contributed by atoms with van der Waals surface area (Å²) >= 11 is 0. The fraction of sp³-hybridized carbons (Fsp3) is 0.368. The van der Waals surface area contributed by atoms with Crippen molar-refractivity contribution in [1.29, 1.82) is 0 Å². The van der Waals surface area contributed by atoms with Crippen molar-refractivity contribution in [3.05, 3.63) is 53.9 Å². The van der Waals surface area contributed by atoms with Gasteiger partial charge < -0.3 is 4.74 Å². The molecule has 1 aliphatic heterocycles. The highest BCUT2D eigenvalue weighted by Gasteiger charge is 2.29. The highest BCUT2D eigenvalue weighted by Crippen LogP contribution is 2.31. The number of benzene rings is 1. The Kier molecular flexibility index (Phi) is 4.62. The number of methoxy groups -OCH3 is 1. The van der Waals surface area contributed by atoms with Gasteiger partial charge in [0.05, 0.1) is 13.2 Å². The number of nitrogens with zero attached hydrogens (tertiary/aromatic N) is 5. The predicted octanol–water partition coefficient (Wildman–Crippen LogP) is 2.92. The quantitative estimate of drug-likeness (QED) is 0.762. The van der Waals surface area contributed by atoms with Crippen LogP contribution in [0.5, 0.6) is 5.75 Å². The van der Waals surface area contributed by atoms with Gasteiger partial charge in [-0.05, 0) is 50.6 Å². The van der Waals surface area contributed by atoms with Crippen molar-refractivity contribution < 1.29 is 4.74 Å². The number of rotatable bonds is 5. The van der Waals surface area contributed by atoms with Crippen LogP contribution in [0.2, 0.25) is 0 Å². The lowest BCUT2D eigenvalue weighted by Gasteiger charge is -2.21. The van der Waals surface area contributed by atoms with Crippen LogP contribution in [0.1, 0.15) is 36.1 Å². The van der Waals surface area contributed by atoms with Gasteiger partial charge in [-0.15, -0.1) is 0 Å². The smallest absolute Gasteiger partial charge is 0.167 e. The third-order valence-electron chi connectivity index (χ3n) is 4.72. The first-order valence-electron chi connectivity index (χ1n) is 8.81. The lowest BCUT2D eigenvalue weighted by atomic mass is 10.2. The van der Waals surface area contributed by atoms with Gasteiger partial charge in [0.1, 0.15) is 11.6 Å². The molecule has 2 aromatic heterocycles. The van der Waals surface area contributed by atoms with Crippen molar-refractivity contribution in [2.45, 2.75) is 32.4 Å². The molecule has 134 valence electrons. The van der Waals surface area contributed by atoms with Crippen LogP contribution in [0.4, 0.5) is 0 Å². The number of aromatic nitrogens is 5. The summed E-state index contributed by atoms with van der Waals surface area (Å²) in [4.78, 5) is 16.0. The first-order valence-corrected chi connectivity index (χ1v) is 8.81. The molecule has 0 spiro atoms. The minimum Gasteiger partial charge on any atom is -0.497 e. The van der Waals surface area contributed by atoms with Crippen molar-refractivity contribution in [2.24, 2.45) is 0 Å². The van der Waals surface area contributed by atoms with Crippen LogP contribution >= 0.6 is 0 Å². The number of likely N-dealkylation sites (tertiary alicyclic amines) is 1. The lowest BCUT2D eigenvalue weighted by molar-refractivity contribution is 0.239. The van der Waals surface area contributed by atoms with Gasteiger partial charge in [0.15, 0.2) is 11.6 Å². The molecule has 1 fully saturated rings. The Bertz CT molecular complexity index is 858. The van der Waals surface area contributed by atoms with E-state index in [1.165, 1.54) is 0 Å². The van der Waals surface area contributed by atoms with Crippen molar-refractivity contribution in [1.82, 2.24) is 30.0 Å². The minimum atomic E-state index is 0.265. The number of ether oxygens (including phenoxy) is 1.